The maximum absolute atomic E-state index is 5.85. The molecule has 0 aliphatic heterocycles. The van der Waals surface area contributed by atoms with Crippen LogP contribution in [0.3, 0.4) is 0 Å². The number of hydrogen-bond donors (Lipinski definition) is 2. The van der Waals surface area contributed by atoms with Crippen molar-refractivity contribution in [1.82, 2.24) is 15.0 Å². The Morgan fingerprint density at radius 3 is 2.56 bits per heavy atom. The lowest BCUT2D eigenvalue weighted by atomic mass is 10.2. The summed E-state index contributed by atoms with van der Waals surface area (Å²) in [6.45, 7) is 4.74. The molecule has 1 unspecified atom stereocenters. The van der Waals surface area contributed by atoms with Crippen molar-refractivity contribution in [2.24, 2.45) is 0 Å². The number of ether oxygens (including phenoxy) is 2. The van der Waals surface area contributed by atoms with Crippen LogP contribution in [0.5, 0.6) is 11.5 Å². The number of hydrogen-bond acceptors (Lipinski definition) is 7. The molecule has 0 amide bonds. The van der Waals surface area contributed by atoms with Gasteiger partial charge >= 0.3 is 0 Å². The summed E-state index contributed by atoms with van der Waals surface area (Å²) in [7, 11) is 0. The molecule has 0 radical (unpaired) electrons. The molecule has 0 fully saturated rings. The molecule has 3 rings (SSSR count). The second-order valence-corrected chi connectivity index (χ2v) is 6.19. The van der Waals surface area contributed by atoms with Gasteiger partial charge in [-0.1, -0.05) is 30.3 Å². The van der Waals surface area contributed by atoms with Gasteiger partial charge in [-0.25, -0.2) is 0 Å². The third kappa shape index (κ3) is 5.93. The Morgan fingerprint density at radius 2 is 1.78 bits per heavy atom. The third-order valence-electron chi connectivity index (χ3n) is 3.65. The van der Waals surface area contributed by atoms with Crippen LogP contribution in [0.25, 0.3) is 0 Å². The highest BCUT2D eigenvalue weighted by Crippen LogP contribution is 2.22. The standard InChI is InChI=1S/C20H23N5O2/c1-14(22-20-24-15(2)23-19(21)25-20)12-26-13-16-7-6-10-18(11-16)27-17-8-4-3-5-9-17/h3-11,14H,12-13H2,1-2H3,(H3,21,22,23,24,25). The van der Waals surface area contributed by atoms with Crippen LogP contribution in [-0.2, 0) is 11.3 Å². The van der Waals surface area contributed by atoms with Gasteiger partial charge in [-0.15, -0.1) is 0 Å². The van der Waals surface area contributed by atoms with E-state index in [0.29, 0.717) is 25.0 Å². The summed E-state index contributed by atoms with van der Waals surface area (Å²) in [5.41, 5.74) is 6.67. The number of aromatic nitrogens is 3. The summed E-state index contributed by atoms with van der Waals surface area (Å²) in [6.07, 6.45) is 0. The van der Waals surface area contributed by atoms with Gasteiger partial charge in [0, 0.05) is 6.04 Å². The molecule has 7 nitrogen and oxygen atoms in total. The number of nitrogen functional groups attached to an aromatic ring is 1. The van der Waals surface area contributed by atoms with Crippen LogP contribution >= 0.6 is 0 Å². The molecule has 0 saturated carbocycles. The fraction of sp³-hybridized carbons (Fsp3) is 0.250. The van der Waals surface area contributed by atoms with Gasteiger partial charge in [0.25, 0.3) is 0 Å². The Kier molecular flexibility index (Phi) is 6.17. The Morgan fingerprint density at radius 1 is 1.00 bits per heavy atom. The van der Waals surface area contributed by atoms with Crippen LogP contribution in [0.15, 0.2) is 54.6 Å². The average Bonchev–Trinajstić information content (AvgIpc) is 2.62. The van der Waals surface area contributed by atoms with Gasteiger partial charge in [0.1, 0.15) is 17.3 Å². The summed E-state index contributed by atoms with van der Waals surface area (Å²) in [5.74, 6) is 2.82. The molecule has 0 bridgehead atoms. The number of para-hydroxylation sites is 1. The molecule has 1 heterocycles. The van der Waals surface area contributed by atoms with Crippen LogP contribution in [0.4, 0.5) is 11.9 Å². The molecule has 7 heteroatoms. The maximum atomic E-state index is 5.85. The predicted molar refractivity (Wildman–Crippen MR) is 105 cm³/mol. The van der Waals surface area contributed by atoms with Crippen LogP contribution in [0.2, 0.25) is 0 Å². The minimum Gasteiger partial charge on any atom is -0.457 e. The van der Waals surface area contributed by atoms with E-state index in [4.69, 9.17) is 15.2 Å². The van der Waals surface area contributed by atoms with Crippen molar-refractivity contribution in [3.05, 3.63) is 66.0 Å². The molecular formula is C20H23N5O2. The number of aryl methyl sites for hydroxylation is 1. The SMILES string of the molecule is Cc1nc(N)nc(NC(C)COCc2cccc(Oc3ccccc3)c2)n1. The number of rotatable bonds is 8. The predicted octanol–water partition coefficient (Wildman–Crippen LogP) is 3.57. The Labute approximate surface area is 158 Å². The van der Waals surface area contributed by atoms with Gasteiger partial charge in [-0.2, -0.15) is 15.0 Å². The minimum absolute atomic E-state index is 0.0231. The summed E-state index contributed by atoms with van der Waals surface area (Å²) in [6, 6.07) is 17.6. The minimum atomic E-state index is 0.0231. The molecule has 0 saturated heterocycles. The molecule has 0 aliphatic rings. The summed E-state index contributed by atoms with van der Waals surface area (Å²) in [5, 5.41) is 3.16. The average molecular weight is 365 g/mol. The lowest BCUT2D eigenvalue weighted by Gasteiger charge is -2.15. The number of nitrogens with zero attached hydrogens (tertiary/aromatic N) is 3. The highest BCUT2D eigenvalue weighted by molar-refractivity contribution is 5.34. The second kappa shape index (κ2) is 8.95. The molecule has 1 aromatic heterocycles. The monoisotopic (exact) mass is 365 g/mol. The van der Waals surface area contributed by atoms with Crippen molar-refractivity contribution in [1.29, 1.82) is 0 Å². The normalized spacial score (nSPS) is 11.8. The van der Waals surface area contributed by atoms with E-state index >= 15 is 0 Å². The highest BCUT2D eigenvalue weighted by Gasteiger charge is 2.07. The van der Waals surface area contributed by atoms with Gasteiger partial charge in [-0.05, 0) is 43.7 Å². The van der Waals surface area contributed by atoms with Gasteiger partial charge in [0.2, 0.25) is 11.9 Å². The summed E-state index contributed by atoms with van der Waals surface area (Å²) >= 11 is 0. The van der Waals surface area contributed by atoms with E-state index in [1.54, 1.807) is 6.92 Å². The van der Waals surface area contributed by atoms with Gasteiger partial charge < -0.3 is 20.5 Å². The van der Waals surface area contributed by atoms with E-state index in [0.717, 1.165) is 17.1 Å². The van der Waals surface area contributed by atoms with E-state index in [2.05, 4.69) is 20.3 Å². The lowest BCUT2D eigenvalue weighted by Crippen LogP contribution is -2.23. The van der Waals surface area contributed by atoms with Crippen molar-refractivity contribution in [2.75, 3.05) is 17.7 Å². The molecule has 0 spiro atoms. The molecule has 3 N–H and O–H groups in total. The quantitative estimate of drug-likeness (QED) is 0.630. The zero-order valence-electron chi connectivity index (χ0n) is 15.4. The highest BCUT2D eigenvalue weighted by atomic mass is 16.5. The van der Waals surface area contributed by atoms with E-state index in [1.807, 2.05) is 61.5 Å². The number of benzene rings is 2. The van der Waals surface area contributed by atoms with Crippen LogP contribution in [0.1, 0.15) is 18.3 Å². The van der Waals surface area contributed by atoms with E-state index in [-0.39, 0.29) is 12.0 Å². The Hall–Kier alpha value is -3.19. The van der Waals surface area contributed by atoms with Crippen molar-refractivity contribution in [2.45, 2.75) is 26.5 Å². The van der Waals surface area contributed by atoms with Crippen LogP contribution < -0.4 is 15.8 Å². The first-order chi connectivity index (χ1) is 13.1. The number of nitrogens with two attached hydrogens (primary N) is 1. The summed E-state index contributed by atoms with van der Waals surface area (Å²) in [4.78, 5) is 12.2. The topological polar surface area (TPSA) is 95.2 Å². The molecule has 0 aliphatic carbocycles. The zero-order valence-corrected chi connectivity index (χ0v) is 15.4. The molecule has 140 valence electrons. The fourth-order valence-corrected chi connectivity index (χ4v) is 2.51. The Balaban J connectivity index is 1.49. The van der Waals surface area contributed by atoms with Crippen LogP contribution in [0, 0.1) is 6.92 Å². The van der Waals surface area contributed by atoms with Crippen molar-refractivity contribution in [3.8, 4) is 11.5 Å². The van der Waals surface area contributed by atoms with Crippen molar-refractivity contribution < 1.29 is 9.47 Å². The summed E-state index contributed by atoms with van der Waals surface area (Å²) < 4.78 is 11.6. The van der Waals surface area contributed by atoms with E-state index in [1.165, 1.54) is 0 Å². The number of nitrogens with one attached hydrogen (secondary N) is 1. The van der Waals surface area contributed by atoms with Crippen molar-refractivity contribution in [3.63, 3.8) is 0 Å². The Bertz CT molecular complexity index is 853. The second-order valence-electron chi connectivity index (χ2n) is 6.19. The molecule has 3 aromatic rings. The maximum Gasteiger partial charge on any atom is 0.228 e. The first-order valence-corrected chi connectivity index (χ1v) is 8.73. The molecular weight excluding hydrogens is 342 g/mol. The van der Waals surface area contributed by atoms with E-state index < -0.39 is 0 Å². The van der Waals surface area contributed by atoms with Gasteiger partial charge in [0.15, 0.2) is 0 Å². The first-order valence-electron chi connectivity index (χ1n) is 8.73. The fourth-order valence-electron chi connectivity index (χ4n) is 2.51. The van der Waals surface area contributed by atoms with E-state index in [9.17, 15) is 0 Å². The molecule has 1 atom stereocenters. The lowest BCUT2D eigenvalue weighted by molar-refractivity contribution is 0.115. The number of anilines is 2. The van der Waals surface area contributed by atoms with Crippen LogP contribution in [-0.4, -0.2) is 27.6 Å². The first kappa shape index (κ1) is 18.6. The zero-order chi connectivity index (χ0) is 19.1. The van der Waals surface area contributed by atoms with Gasteiger partial charge in [-0.3, -0.25) is 0 Å². The van der Waals surface area contributed by atoms with Crippen molar-refractivity contribution >= 4 is 11.9 Å². The third-order valence-corrected chi connectivity index (χ3v) is 3.65. The smallest absolute Gasteiger partial charge is 0.228 e. The van der Waals surface area contributed by atoms with Gasteiger partial charge in [0.05, 0.1) is 13.2 Å². The molecule has 2 aromatic carbocycles. The molecule has 27 heavy (non-hydrogen) atoms. The largest absolute Gasteiger partial charge is 0.457 e.